The second kappa shape index (κ2) is 8.88. The molecular weight excluding hydrogens is 380 g/mol. The van der Waals surface area contributed by atoms with Gasteiger partial charge in [0, 0.05) is 17.6 Å². The van der Waals surface area contributed by atoms with Crippen LogP contribution in [0.15, 0.2) is 41.3 Å². The van der Waals surface area contributed by atoms with Crippen molar-refractivity contribution in [1.82, 2.24) is 0 Å². The number of nitrogens with one attached hydrogen (secondary N) is 2. The molecule has 0 unspecified atom stereocenters. The Morgan fingerprint density at radius 3 is 2.25 bits per heavy atom. The minimum atomic E-state index is -3.35. The first-order valence-electron chi connectivity index (χ1n) is 8.74. The highest BCUT2D eigenvalue weighted by atomic mass is 32.2. The Bertz CT molecular complexity index is 982. The molecule has 2 rings (SSSR count). The molecule has 0 heterocycles. The molecule has 0 aliphatic carbocycles. The van der Waals surface area contributed by atoms with Gasteiger partial charge in [0.2, 0.25) is 5.91 Å². The summed E-state index contributed by atoms with van der Waals surface area (Å²) >= 11 is 0. The lowest BCUT2D eigenvalue weighted by Gasteiger charge is -2.15. The van der Waals surface area contributed by atoms with E-state index in [1.807, 2.05) is 6.92 Å². The molecule has 2 N–H and O–H groups in total. The zero-order valence-electron chi connectivity index (χ0n) is 16.3. The molecule has 0 fully saturated rings. The maximum absolute atomic E-state index is 12.2. The molecule has 2 aromatic carbocycles. The number of hydrogen-bond acceptors (Lipinski definition) is 6. The average molecular weight is 404 g/mol. The number of esters is 1. The van der Waals surface area contributed by atoms with Gasteiger partial charge in [0.15, 0.2) is 9.84 Å². The van der Waals surface area contributed by atoms with E-state index in [0.717, 1.165) is 11.8 Å². The van der Waals surface area contributed by atoms with Gasteiger partial charge < -0.3 is 15.4 Å². The van der Waals surface area contributed by atoms with Gasteiger partial charge in [0.1, 0.15) is 0 Å². The Hall–Kier alpha value is -2.87. The zero-order chi connectivity index (χ0) is 20.9. The number of carbonyl (C=O) groups excluding carboxylic acids is 2. The Labute approximate surface area is 165 Å². The van der Waals surface area contributed by atoms with E-state index in [1.54, 1.807) is 50.2 Å². The van der Waals surface area contributed by atoms with Crippen molar-refractivity contribution in [3.8, 4) is 0 Å². The normalized spacial score (nSPS) is 11.0. The third-order valence-corrected chi connectivity index (χ3v) is 5.37. The van der Waals surface area contributed by atoms with E-state index in [-0.39, 0.29) is 17.3 Å². The van der Waals surface area contributed by atoms with E-state index in [0.29, 0.717) is 29.1 Å². The van der Waals surface area contributed by atoms with Gasteiger partial charge in [-0.3, -0.25) is 4.79 Å². The van der Waals surface area contributed by atoms with E-state index < -0.39 is 15.8 Å². The van der Waals surface area contributed by atoms with Gasteiger partial charge in [0.05, 0.1) is 23.6 Å². The molecule has 7 nitrogen and oxygen atoms in total. The summed E-state index contributed by atoms with van der Waals surface area (Å²) in [6.45, 7) is 5.54. The van der Waals surface area contributed by atoms with Crippen LogP contribution >= 0.6 is 0 Å². The Balaban J connectivity index is 2.04. The minimum Gasteiger partial charge on any atom is -0.462 e. The van der Waals surface area contributed by atoms with Gasteiger partial charge in [-0.2, -0.15) is 0 Å². The van der Waals surface area contributed by atoms with Crippen LogP contribution in [0.4, 0.5) is 11.4 Å². The summed E-state index contributed by atoms with van der Waals surface area (Å²) < 4.78 is 28.7. The molecular formula is C20H24N2O5S. The van der Waals surface area contributed by atoms with Crippen LogP contribution in [0.1, 0.15) is 28.4 Å². The lowest BCUT2D eigenvalue weighted by Crippen LogP contribution is -2.22. The predicted molar refractivity (Wildman–Crippen MR) is 109 cm³/mol. The Morgan fingerprint density at radius 1 is 1.04 bits per heavy atom. The first-order chi connectivity index (χ1) is 13.1. The number of benzene rings is 2. The molecule has 0 atom stereocenters. The molecule has 1 amide bonds. The highest BCUT2D eigenvalue weighted by Crippen LogP contribution is 2.26. The summed E-state index contributed by atoms with van der Waals surface area (Å²) in [6, 6.07) is 9.65. The molecule has 0 aromatic heterocycles. The van der Waals surface area contributed by atoms with Crippen LogP contribution < -0.4 is 10.6 Å². The van der Waals surface area contributed by atoms with E-state index in [1.165, 1.54) is 0 Å². The average Bonchev–Trinajstić information content (AvgIpc) is 2.61. The van der Waals surface area contributed by atoms with Crippen LogP contribution in [-0.2, 0) is 19.4 Å². The second-order valence-electron chi connectivity index (χ2n) is 6.35. The first-order valence-corrected chi connectivity index (χ1v) is 10.6. The molecule has 8 heteroatoms. The molecule has 0 saturated heterocycles. The molecule has 0 aliphatic heterocycles. The monoisotopic (exact) mass is 404 g/mol. The van der Waals surface area contributed by atoms with Crippen molar-refractivity contribution in [3.05, 3.63) is 53.1 Å². The quantitative estimate of drug-likeness (QED) is 0.688. The fraction of sp³-hybridized carbons (Fsp3) is 0.300. The summed E-state index contributed by atoms with van der Waals surface area (Å²) in [5.74, 6) is -0.716. The Morgan fingerprint density at radius 2 is 1.68 bits per heavy atom. The van der Waals surface area contributed by atoms with E-state index in [4.69, 9.17) is 4.74 Å². The molecule has 150 valence electrons. The van der Waals surface area contributed by atoms with Gasteiger partial charge in [-0.15, -0.1) is 0 Å². The summed E-state index contributed by atoms with van der Waals surface area (Å²) in [7, 11) is -3.35. The molecule has 0 aliphatic rings. The summed E-state index contributed by atoms with van der Waals surface area (Å²) in [5.41, 5.74) is 2.99. The van der Waals surface area contributed by atoms with Crippen LogP contribution in [0.3, 0.4) is 0 Å². The lowest BCUT2D eigenvalue weighted by molar-refractivity contribution is -0.114. The van der Waals surface area contributed by atoms with Crippen LogP contribution in [0.2, 0.25) is 0 Å². The number of hydrogen-bond donors (Lipinski definition) is 2. The van der Waals surface area contributed by atoms with Gasteiger partial charge >= 0.3 is 5.97 Å². The highest BCUT2D eigenvalue weighted by Gasteiger charge is 2.16. The van der Waals surface area contributed by atoms with Crippen LogP contribution in [0.5, 0.6) is 0 Å². The molecule has 0 saturated carbocycles. The van der Waals surface area contributed by atoms with Crippen LogP contribution in [0.25, 0.3) is 0 Å². The third kappa shape index (κ3) is 5.32. The van der Waals surface area contributed by atoms with Crippen molar-refractivity contribution in [2.24, 2.45) is 0 Å². The molecule has 2 aromatic rings. The minimum absolute atomic E-state index is 0.0332. The zero-order valence-corrected chi connectivity index (χ0v) is 17.1. The van der Waals surface area contributed by atoms with Crippen molar-refractivity contribution < 1.29 is 22.7 Å². The number of ether oxygens (including phenoxy) is 1. The molecule has 0 bridgehead atoms. The van der Waals surface area contributed by atoms with E-state index in [2.05, 4.69) is 10.6 Å². The first kappa shape index (κ1) is 21.4. The number of carbonyl (C=O) groups is 2. The molecule has 0 radical (unpaired) electrons. The number of aryl methyl sites for hydroxylation is 1. The van der Waals surface area contributed by atoms with Crippen molar-refractivity contribution in [3.63, 3.8) is 0 Å². The maximum Gasteiger partial charge on any atom is 0.338 e. The second-order valence-corrected chi connectivity index (χ2v) is 8.34. The number of rotatable bonds is 7. The number of amides is 1. The SMILES string of the molecule is CCOC(=O)c1ccc(NC(=O)CNc2c(C)ccc(S(C)(=O)=O)c2C)cc1. The van der Waals surface area contributed by atoms with Gasteiger partial charge in [-0.1, -0.05) is 6.07 Å². The highest BCUT2D eigenvalue weighted by molar-refractivity contribution is 7.90. The maximum atomic E-state index is 12.2. The fourth-order valence-electron chi connectivity index (χ4n) is 2.78. The van der Waals surface area contributed by atoms with Crippen molar-refractivity contribution >= 4 is 33.1 Å². The largest absolute Gasteiger partial charge is 0.462 e. The summed E-state index contributed by atoms with van der Waals surface area (Å²) in [4.78, 5) is 24.1. The van der Waals surface area contributed by atoms with E-state index >= 15 is 0 Å². The lowest BCUT2D eigenvalue weighted by atomic mass is 10.1. The summed E-state index contributed by atoms with van der Waals surface area (Å²) in [5, 5.41) is 5.73. The van der Waals surface area contributed by atoms with Crippen molar-refractivity contribution in [2.75, 3.05) is 30.0 Å². The van der Waals surface area contributed by atoms with Gasteiger partial charge in [0.25, 0.3) is 0 Å². The van der Waals surface area contributed by atoms with E-state index in [9.17, 15) is 18.0 Å². The van der Waals surface area contributed by atoms with Gasteiger partial charge in [-0.05, 0) is 62.2 Å². The number of sulfone groups is 1. The fourth-order valence-corrected chi connectivity index (χ4v) is 3.75. The van der Waals surface area contributed by atoms with Crippen molar-refractivity contribution in [1.29, 1.82) is 0 Å². The smallest absolute Gasteiger partial charge is 0.338 e. The van der Waals surface area contributed by atoms with Crippen LogP contribution in [0, 0.1) is 13.8 Å². The Kier molecular flexibility index (Phi) is 6.80. The molecule has 28 heavy (non-hydrogen) atoms. The van der Waals surface area contributed by atoms with Crippen molar-refractivity contribution in [2.45, 2.75) is 25.7 Å². The van der Waals surface area contributed by atoms with Gasteiger partial charge in [-0.25, -0.2) is 13.2 Å². The topological polar surface area (TPSA) is 102 Å². The number of anilines is 2. The predicted octanol–water partition coefficient (Wildman–Crippen LogP) is 2.93. The standard InChI is InChI=1S/C20H24N2O5S/c1-5-27-20(24)15-7-9-16(10-8-15)22-18(23)12-21-19-13(2)6-11-17(14(19)3)28(4,25)26/h6-11,21H,5,12H2,1-4H3,(H,22,23). The van der Waals surface area contributed by atoms with Crippen LogP contribution in [-0.4, -0.2) is 39.7 Å². The molecule has 0 spiro atoms. The third-order valence-electron chi connectivity index (χ3n) is 4.13. The summed E-state index contributed by atoms with van der Waals surface area (Å²) in [6.07, 6.45) is 1.15.